The topological polar surface area (TPSA) is 78.9 Å². The van der Waals surface area contributed by atoms with Crippen LogP contribution in [0.15, 0.2) is 12.2 Å². The zero-order valence-electron chi connectivity index (χ0n) is 38.4. The molecular weight excluding hydrogens is 709 g/mol. The van der Waals surface area contributed by atoms with Crippen molar-refractivity contribution >= 4 is 17.9 Å². The van der Waals surface area contributed by atoms with E-state index in [4.69, 9.17) is 14.2 Å². The van der Waals surface area contributed by atoms with Gasteiger partial charge in [0, 0.05) is 19.3 Å². The van der Waals surface area contributed by atoms with Crippen molar-refractivity contribution in [2.45, 2.75) is 284 Å². The molecule has 0 saturated heterocycles. The van der Waals surface area contributed by atoms with Crippen LogP contribution in [0, 0.1) is 0 Å². The first kappa shape index (κ1) is 55.2. The molecule has 0 amide bonds. The Bertz CT molecular complexity index is 839. The third-order valence-electron chi connectivity index (χ3n) is 11.3. The van der Waals surface area contributed by atoms with Gasteiger partial charge < -0.3 is 14.2 Å². The van der Waals surface area contributed by atoms with Gasteiger partial charge in [-0.3, -0.25) is 14.4 Å². The summed E-state index contributed by atoms with van der Waals surface area (Å²) >= 11 is 0. The second-order valence-corrected chi connectivity index (χ2v) is 17.1. The maximum Gasteiger partial charge on any atom is 0.306 e. The minimum Gasteiger partial charge on any atom is -0.462 e. The highest BCUT2D eigenvalue weighted by molar-refractivity contribution is 5.71. The van der Waals surface area contributed by atoms with Crippen LogP contribution in [0.2, 0.25) is 0 Å². The summed E-state index contributed by atoms with van der Waals surface area (Å²) in [7, 11) is 0. The van der Waals surface area contributed by atoms with Crippen LogP contribution in [0.3, 0.4) is 0 Å². The average molecular weight is 805 g/mol. The van der Waals surface area contributed by atoms with Gasteiger partial charge in [0.2, 0.25) is 0 Å². The molecule has 0 aliphatic carbocycles. The SMILES string of the molecule is CCCCCC/C=C/CCCCCCCC(=O)OC(COC(=O)CCCCCCCCCCCCCCC)COC(=O)CCCCCCCCCCCCCCC. The van der Waals surface area contributed by atoms with Crippen molar-refractivity contribution in [2.75, 3.05) is 13.2 Å². The van der Waals surface area contributed by atoms with Crippen molar-refractivity contribution in [3.63, 3.8) is 0 Å². The molecule has 0 aromatic carbocycles. The molecule has 0 atom stereocenters. The number of allylic oxidation sites excluding steroid dienone is 2. The molecule has 6 heteroatoms. The van der Waals surface area contributed by atoms with Gasteiger partial charge in [0.05, 0.1) is 0 Å². The minimum atomic E-state index is -0.766. The lowest BCUT2D eigenvalue weighted by Crippen LogP contribution is -2.30. The molecular formula is C51H96O6. The number of hydrogen-bond donors (Lipinski definition) is 0. The Kier molecular flexibility index (Phi) is 45.3. The molecule has 0 aromatic heterocycles. The zero-order valence-corrected chi connectivity index (χ0v) is 38.4. The molecule has 0 aliphatic rings. The van der Waals surface area contributed by atoms with Crippen molar-refractivity contribution in [3.8, 4) is 0 Å². The summed E-state index contributed by atoms with van der Waals surface area (Å²) in [6.07, 6.45) is 50.4. The van der Waals surface area contributed by atoms with E-state index in [1.165, 1.54) is 173 Å². The number of carbonyl (C=O) groups excluding carboxylic acids is 3. The number of esters is 3. The van der Waals surface area contributed by atoms with E-state index in [0.29, 0.717) is 19.3 Å². The van der Waals surface area contributed by atoms with Crippen LogP contribution in [0.5, 0.6) is 0 Å². The Morgan fingerprint density at radius 1 is 0.333 bits per heavy atom. The Morgan fingerprint density at radius 2 is 0.579 bits per heavy atom. The van der Waals surface area contributed by atoms with Gasteiger partial charge >= 0.3 is 17.9 Å². The fourth-order valence-corrected chi connectivity index (χ4v) is 7.44. The predicted octanol–water partition coefficient (Wildman–Crippen LogP) is 16.2. The second kappa shape index (κ2) is 46.8. The van der Waals surface area contributed by atoms with Crippen molar-refractivity contribution in [1.82, 2.24) is 0 Å². The van der Waals surface area contributed by atoms with Gasteiger partial charge in [0.1, 0.15) is 13.2 Å². The maximum atomic E-state index is 12.7. The molecule has 0 N–H and O–H groups in total. The average Bonchev–Trinajstić information content (AvgIpc) is 3.21. The quantitative estimate of drug-likeness (QED) is 0.0264. The molecule has 0 aliphatic heterocycles. The molecule has 0 aromatic rings. The second-order valence-electron chi connectivity index (χ2n) is 17.1. The predicted molar refractivity (Wildman–Crippen MR) is 243 cm³/mol. The van der Waals surface area contributed by atoms with Crippen LogP contribution in [-0.2, 0) is 28.6 Å². The maximum absolute atomic E-state index is 12.7. The third-order valence-corrected chi connectivity index (χ3v) is 11.3. The molecule has 0 spiro atoms. The van der Waals surface area contributed by atoms with E-state index >= 15 is 0 Å². The standard InChI is InChI=1S/C51H96O6/c1-4-7-10-13-16-19-22-25-28-31-34-37-40-43-49(52)55-46-48(57-51(54)45-42-39-36-33-30-27-24-21-18-15-12-9-6-3)47-56-50(53)44-41-38-35-32-29-26-23-20-17-14-11-8-5-2/h21,24,48H,4-20,22-23,25-47H2,1-3H3/b24-21+. The molecule has 57 heavy (non-hydrogen) atoms. The number of carbonyl (C=O) groups is 3. The molecule has 336 valence electrons. The lowest BCUT2D eigenvalue weighted by molar-refractivity contribution is -0.167. The Balaban J connectivity index is 4.34. The molecule has 0 radical (unpaired) electrons. The van der Waals surface area contributed by atoms with Crippen LogP contribution in [0.1, 0.15) is 278 Å². The van der Waals surface area contributed by atoms with Gasteiger partial charge in [0.25, 0.3) is 0 Å². The summed E-state index contributed by atoms with van der Waals surface area (Å²) in [5.41, 5.74) is 0. The van der Waals surface area contributed by atoms with Gasteiger partial charge in [-0.15, -0.1) is 0 Å². The summed E-state index contributed by atoms with van der Waals surface area (Å²) in [6.45, 7) is 6.64. The lowest BCUT2D eigenvalue weighted by atomic mass is 10.0. The van der Waals surface area contributed by atoms with Crippen LogP contribution >= 0.6 is 0 Å². The summed E-state index contributed by atoms with van der Waals surface area (Å²) in [6, 6.07) is 0. The Labute approximate surface area is 354 Å². The summed E-state index contributed by atoms with van der Waals surface area (Å²) in [5.74, 6) is -0.862. The zero-order chi connectivity index (χ0) is 41.5. The molecule has 6 nitrogen and oxygen atoms in total. The molecule has 0 fully saturated rings. The highest BCUT2D eigenvalue weighted by Crippen LogP contribution is 2.16. The summed E-state index contributed by atoms with van der Waals surface area (Å²) < 4.78 is 16.8. The van der Waals surface area contributed by atoms with Crippen molar-refractivity contribution in [3.05, 3.63) is 12.2 Å². The fraction of sp³-hybridized carbons (Fsp3) is 0.902. The molecule has 0 heterocycles. The first-order chi connectivity index (χ1) is 28.0. The molecule has 0 bridgehead atoms. The Morgan fingerprint density at radius 3 is 0.895 bits per heavy atom. The summed E-state index contributed by atoms with van der Waals surface area (Å²) in [5, 5.41) is 0. The van der Waals surface area contributed by atoms with E-state index in [9.17, 15) is 14.4 Å². The minimum absolute atomic E-state index is 0.0683. The highest BCUT2D eigenvalue weighted by Gasteiger charge is 2.19. The first-order valence-electron chi connectivity index (χ1n) is 25.2. The van der Waals surface area contributed by atoms with Gasteiger partial charge in [0.15, 0.2) is 6.10 Å². The number of hydrogen-bond acceptors (Lipinski definition) is 6. The van der Waals surface area contributed by atoms with Gasteiger partial charge in [-0.2, -0.15) is 0 Å². The number of unbranched alkanes of at least 4 members (excludes halogenated alkanes) is 33. The number of rotatable bonds is 46. The third kappa shape index (κ3) is 45.1. The smallest absolute Gasteiger partial charge is 0.306 e. The first-order valence-corrected chi connectivity index (χ1v) is 25.2. The van der Waals surface area contributed by atoms with E-state index in [1.54, 1.807) is 0 Å². The molecule has 0 saturated carbocycles. The molecule has 0 rings (SSSR count). The van der Waals surface area contributed by atoms with Crippen LogP contribution in [0.25, 0.3) is 0 Å². The van der Waals surface area contributed by atoms with Crippen molar-refractivity contribution in [2.24, 2.45) is 0 Å². The van der Waals surface area contributed by atoms with Gasteiger partial charge in [-0.1, -0.05) is 226 Å². The Hall–Kier alpha value is -1.85. The highest BCUT2D eigenvalue weighted by atomic mass is 16.6. The van der Waals surface area contributed by atoms with Gasteiger partial charge in [-0.05, 0) is 44.9 Å². The van der Waals surface area contributed by atoms with E-state index in [2.05, 4.69) is 32.9 Å². The lowest BCUT2D eigenvalue weighted by Gasteiger charge is -2.18. The monoisotopic (exact) mass is 805 g/mol. The van der Waals surface area contributed by atoms with E-state index in [-0.39, 0.29) is 31.1 Å². The van der Waals surface area contributed by atoms with Crippen molar-refractivity contribution in [1.29, 1.82) is 0 Å². The fourth-order valence-electron chi connectivity index (χ4n) is 7.44. The van der Waals surface area contributed by atoms with Crippen LogP contribution < -0.4 is 0 Å². The van der Waals surface area contributed by atoms with Gasteiger partial charge in [-0.25, -0.2) is 0 Å². The van der Waals surface area contributed by atoms with Crippen LogP contribution in [0.4, 0.5) is 0 Å². The van der Waals surface area contributed by atoms with E-state index in [1.807, 2.05) is 0 Å². The van der Waals surface area contributed by atoms with E-state index in [0.717, 1.165) is 64.2 Å². The van der Waals surface area contributed by atoms with Crippen LogP contribution in [-0.4, -0.2) is 37.2 Å². The van der Waals surface area contributed by atoms with Crippen molar-refractivity contribution < 1.29 is 28.6 Å². The largest absolute Gasteiger partial charge is 0.462 e. The van der Waals surface area contributed by atoms with E-state index < -0.39 is 6.10 Å². The molecule has 0 unspecified atom stereocenters. The number of ether oxygens (including phenoxy) is 3. The summed E-state index contributed by atoms with van der Waals surface area (Å²) in [4.78, 5) is 37.9. The normalized spacial score (nSPS) is 11.5.